The zero-order valence-electron chi connectivity index (χ0n) is 33.9. The van der Waals surface area contributed by atoms with E-state index in [2.05, 4.69) is 230 Å². The topological polar surface area (TPSA) is 54.2 Å². The highest BCUT2D eigenvalue weighted by Gasteiger charge is 2.26. The van der Waals surface area contributed by atoms with E-state index in [0.717, 1.165) is 83.7 Å². The Kier molecular flexibility index (Phi) is 9.66. The van der Waals surface area contributed by atoms with Gasteiger partial charge < -0.3 is 0 Å². The number of aromatic nitrogens is 1. The van der Waals surface area contributed by atoms with E-state index >= 15 is 0 Å². The largest absolute Gasteiger partial charge is 0.272 e. The number of hydrogen-bond acceptors (Lipinski definition) is 3. The van der Waals surface area contributed by atoms with Gasteiger partial charge in [-0.15, -0.1) is 0 Å². The first kappa shape index (κ1) is 37.0. The van der Waals surface area contributed by atoms with Gasteiger partial charge in [0.15, 0.2) is 5.84 Å². The third-order valence-electron chi connectivity index (χ3n) is 11.8. The van der Waals surface area contributed by atoms with Crippen molar-refractivity contribution in [2.24, 2.45) is 9.98 Å². The van der Waals surface area contributed by atoms with E-state index in [9.17, 15) is 0 Å². The highest BCUT2D eigenvalue weighted by atomic mass is 15.2. The van der Waals surface area contributed by atoms with Crippen molar-refractivity contribution in [2.75, 3.05) is 0 Å². The van der Waals surface area contributed by atoms with Gasteiger partial charge in [0, 0.05) is 32.8 Å². The number of amidine groups is 2. The number of rotatable bonds is 8. The fraction of sp³-hybridized carbons (Fsp3) is 0.0172. The van der Waals surface area contributed by atoms with Crippen LogP contribution in [0, 0.1) is 0 Å². The van der Waals surface area contributed by atoms with Crippen molar-refractivity contribution in [3.63, 3.8) is 0 Å². The Morgan fingerprint density at radius 1 is 0.355 bits per heavy atom. The first-order chi connectivity index (χ1) is 30.7. The first-order valence-corrected chi connectivity index (χ1v) is 21.1. The number of aliphatic imine (C=N–C) groups is 2. The summed E-state index contributed by atoms with van der Waals surface area (Å²) in [6, 6.07) is 81.6. The van der Waals surface area contributed by atoms with E-state index in [1.807, 2.05) is 6.07 Å². The van der Waals surface area contributed by atoms with Gasteiger partial charge in [-0.1, -0.05) is 200 Å². The molecule has 0 fully saturated rings. The molecule has 1 aliphatic heterocycles. The minimum atomic E-state index is -0.234. The van der Waals surface area contributed by atoms with Crippen LogP contribution in [0.15, 0.2) is 241 Å². The molecule has 0 bridgehead atoms. The maximum absolute atomic E-state index is 5.33. The molecular formula is C58H41N4+. The smallest absolute Gasteiger partial charge is 0.235 e. The van der Waals surface area contributed by atoms with Gasteiger partial charge >= 0.3 is 0 Å². The molecule has 0 saturated heterocycles. The first-order valence-electron chi connectivity index (χ1n) is 21.1. The number of quaternary nitrogens is 1. The molecule has 9 aromatic carbocycles. The second-order valence-electron chi connectivity index (χ2n) is 15.7. The molecule has 62 heavy (non-hydrogen) atoms. The Balaban J connectivity index is 0.990. The van der Waals surface area contributed by atoms with Crippen LogP contribution in [0.1, 0.15) is 22.9 Å². The summed E-state index contributed by atoms with van der Waals surface area (Å²) in [5, 5.41) is 5.68. The monoisotopic (exact) mass is 793 g/mol. The highest BCUT2D eigenvalue weighted by Crippen LogP contribution is 2.40. The lowest BCUT2D eigenvalue weighted by atomic mass is 9.91. The summed E-state index contributed by atoms with van der Waals surface area (Å²) in [5.41, 5.74) is 15.5. The van der Waals surface area contributed by atoms with E-state index in [-0.39, 0.29) is 6.17 Å². The average molecular weight is 794 g/mol. The average Bonchev–Trinajstić information content (AvgIpc) is 3.37. The molecule has 10 aromatic rings. The normalized spacial score (nSPS) is 13.8. The van der Waals surface area contributed by atoms with Crippen molar-refractivity contribution >= 4 is 33.3 Å². The van der Waals surface area contributed by atoms with Gasteiger partial charge in [-0.05, 0) is 74.8 Å². The molecule has 2 heterocycles. The maximum Gasteiger partial charge on any atom is 0.235 e. The molecule has 0 spiro atoms. The molecule has 4 heteroatoms. The van der Waals surface area contributed by atoms with Crippen molar-refractivity contribution in [3.8, 4) is 55.8 Å². The Bertz CT molecular complexity index is 3290. The minimum Gasteiger partial charge on any atom is -0.272 e. The molecule has 1 atom stereocenters. The third kappa shape index (κ3) is 7.19. The van der Waals surface area contributed by atoms with E-state index in [1.165, 1.54) is 22.1 Å². The van der Waals surface area contributed by atoms with Crippen LogP contribution in [0.5, 0.6) is 0 Å². The summed E-state index contributed by atoms with van der Waals surface area (Å²) < 4.78 is 0. The van der Waals surface area contributed by atoms with Crippen molar-refractivity contribution in [3.05, 3.63) is 247 Å². The zero-order valence-corrected chi connectivity index (χ0v) is 33.9. The quantitative estimate of drug-likeness (QED) is 0.153. The summed E-state index contributed by atoms with van der Waals surface area (Å²) in [5.74, 6) is 1.63. The van der Waals surface area contributed by atoms with Gasteiger partial charge in [-0.2, -0.15) is 4.99 Å². The molecule has 0 aliphatic carbocycles. The molecule has 4 nitrogen and oxygen atoms in total. The molecule has 11 rings (SSSR count). The van der Waals surface area contributed by atoms with Crippen molar-refractivity contribution in [1.82, 2.24) is 4.98 Å². The molecular weight excluding hydrogens is 753 g/mol. The summed E-state index contributed by atoms with van der Waals surface area (Å²) in [4.78, 5) is 15.9. The predicted octanol–water partition coefficient (Wildman–Crippen LogP) is 13.2. The van der Waals surface area contributed by atoms with Crippen LogP contribution in [-0.4, -0.2) is 16.7 Å². The highest BCUT2D eigenvalue weighted by molar-refractivity contribution is 6.17. The number of nitrogens with two attached hydrogens (primary N) is 1. The van der Waals surface area contributed by atoms with E-state index in [1.54, 1.807) is 0 Å². The van der Waals surface area contributed by atoms with Gasteiger partial charge in [-0.25, -0.2) is 9.98 Å². The summed E-state index contributed by atoms with van der Waals surface area (Å²) in [7, 11) is 0. The number of hydrogen-bond donors (Lipinski definition) is 1. The summed E-state index contributed by atoms with van der Waals surface area (Å²) in [6.45, 7) is 0. The molecule has 0 radical (unpaired) electrons. The minimum absolute atomic E-state index is 0.234. The summed E-state index contributed by atoms with van der Waals surface area (Å²) in [6.07, 6.45) is -0.234. The number of pyridine rings is 1. The second-order valence-corrected chi connectivity index (χ2v) is 15.7. The Labute approximate surface area is 361 Å². The number of benzene rings is 9. The lowest BCUT2D eigenvalue weighted by Crippen LogP contribution is -2.90. The number of fused-ring (bicyclic) bond motifs is 3. The zero-order chi connectivity index (χ0) is 41.2. The van der Waals surface area contributed by atoms with Crippen LogP contribution in [0.25, 0.3) is 77.4 Å². The lowest BCUT2D eigenvalue weighted by Gasteiger charge is -2.20. The molecule has 1 aromatic heterocycles. The summed E-state index contributed by atoms with van der Waals surface area (Å²) >= 11 is 0. The predicted molar refractivity (Wildman–Crippen MR) is 257 cm³/mol. The van der Waals surface area contributed by atoms with Crippen LogP contribution in [0.2, 0.25) is 0 Å². The van der Waals surface area contributed by atoms with Crippen LogP contribution >= 0.6 is 0 Å². The number of nitrogens with zero attached hydrogens (tertiary/aromatic N) is 3. The molecule has 2 N–H and O–H groups in total. The SMILES string of the molecule is c1ccc(-c2cccc(C3=NC(c4ccc(-c5ccc6nc(-c7ccccc7)c7cccc(-c8ccccc8)c7c6c5)cc4)[NH2+]C(c4cccc(-c5ccccc5)c4)=N3)c2)cc1. The van der Waals surface area contributed by atoms with Crippen molar-refractivity contribution in [1.29, 1.82) is 0 Å². The maximum atomic E-state index is 5.33. The Morgan fingerprint density at radius 2 is 0.855 bits per heavy atom. The fourth-order valence-corrected chi connectivity index (χ4v) is 8.71. The van der Waals surface area contributed by atoms with Crippen LogP contribution in [-0.2, 0) is 0 Å². The van der Waals surface area contributed by atoms with E-state index < -0.39 is 0 Å². The third-order valence-corrected chi connectivity index (χ3v) is 11.8. The van der Waals surface area contributed by atoms with Crippen LogP contribution < -0.4 is 5.32 Å². The van der Waals surface area contributed by atoms with Gasteiger partial charge in [0.2, 0.25) is 12.0 Å². The Hall–Kier alpha value is -8.05. The molecule has 0 amide bonds. The second kappa shape index (κ2) is 16.2. The Morgan fingerprint density at radius 3 is 1.52 bits per heavy atom. The lowest BCUT2D eigenvalue weighted by molar-refractivity contribution is -0.586. The molecule has 1 aliphatic rings. The van der Waals surface area contributed by atoms with Crippen LogP contribution in [0.4, 0.5) is 0 Å². The van der Waals surface area contributed by atoms with Gasteiger partial charge in [0.05, 0.1) is 16.8 Å². The molecule has 1 unspecified atom stereocenters. The van der Waals surface area contributed by atoms with Gasteiger partial charge in [-0.3, -0.25) is 5.32 Å². The van der Waals surface area contributed by atoms with Crippen molar-refractivity contribution in [2.45, 2.75) is 6.17 Å². The van der Waals surface area contributed by atoms with Gasteiger partial charge in [0.25, 0.3) is 0 Å². The standard InChI is InChI=1S/C58H40N4/c1-5-16-39(17-6-1)45-24-13-26-48(36-45)57-60-56(61-58(62-57)49-27-14-25-46(37-49)40-18-7-2-8-19-40)44-32-30-41(31-33-44)47-34-35-53-52(38-47)54-50(42-20-9-3-10-21-42)28-15-29-51(54)55(59-53)43-22-11-4-12-23-43/h1-38,56H,(H,60,61,62)/p+1. The van der Waals surface area contributed by atoms with E-state index in [4.69, 9.17) is 15.0 Å². The molecule has 292 valence electrons. The van der Waals surface area contributed by atoms with Crippen LogP contribution in [0.3, 0.4) is 0 Å². The van der Waals surface area contributed by atoms with Gasteiger partial charge in [0.1, 0.15) is 0 Å². The fourth-order valence-electron chi connectivity index (χ4n) is 8.71. The molecule has 0 saturated carbocycles. The van der Waals surface area contributed by atoms with Crippen molar-refractivity contribution < 1.29 is 5.32 Å². The van der Waals surface area contributed by atoms with E-state index in [0.29, 0.717) is 0 Å².